The van der Waals surface area contributed by atoms with Gasteiger partial charge in [0.25, 0.3) is 0 Å². The molecule has 1 amide bonds. The predicted octanol–water partition coefficient (Wildman–Crippen LogP) is 4.25. The van der Waals surface area contributed by atoms with E-state index in [0.717, 1.165) is 23.3 Å². The Balaban J connectivity index is 1.69. The molecular formula is C20H18F3NO4. The van der Waals surface area contributed by atoms with Gasteiger partial charge in [-0.3, -0.25) is 9.59 Å². The summed E-state index contributed by atoms with van der Waals surface area (Å²) in [4.78, 5) is 24.4. The van der Waals surface area contributed by atoms with Crippen LogP contribution < -0.4 is 4.74 Å². The molecule has 0 unspecified atom stereocenters. The fourth-order valence-electron chi connectivity index (χ4n) is 3.03. The lowest BCUT2D eigenvalue weighted by Gasteiger charge is -2.29. The van der Waals surface area contributed by atoms with Crippen LogP contribution in [0.2, 0.25) is 0 Å². The molecule has 3 rings (SSSR count). The van der Waals surface area contributed by atoms with Crippen molar-refractivity contribution in [1.29, 1.82) is 0 Å². The van der Waals surface area contributed by atoms with E-state index < -0.39 is 17.7 Å². The topological polar surface area (TPSA) is 66.8 Å². The first kappa shape index (κ1) is 19.7. The van der Waals surface area contributed by atoms with Crippen molar-refractivity contribution in [2.75, 3.05) is 6.54 Å². The number of aliphatic carboxylic acids is 1. The summed E-state index contributed by atoms with van der Waals surface area (Å²) in [7, 11) is 0. The minimum absolute atomic E-state index is 0.0492. The van der Waals surface area contributed by atoms with Gasteiger partial charge in [-0.15, -0.1) is 0 Å². The van der Waals surface area contributed by atoms with Crippen molar-refractivity contribution in [2.45, 2.75) is 32.0 Å². The van der Waals surface area contributed by atoms with E-state index >= 15 is 0 Å². The number of halogens is 3. The number of alkyl halides is 3. The van der Waals surface area contributed by atoms with E-state index in [1.807, 2.05) is 6.07 Å². The van der Waals surface area contributed by atoms with Crippen LogP contribution in [0, 0.1) is 0 Å². The number of benzene rings is 2. The van der Waals surface area contributed by atoms with E-state index in [4.69, 9.17) is 9.84 Å². The molecule has 148 valence electrons. The minimum Gasteiger partial charge on any atom is -0.481 e. The number of rotatable bonds is 5. The zero-order chi connectivity index (χ0) is 20.3. The Labute approximate surface area is 159 Å². The van der Waals surface area contributed by atoms with Gasteiger partial charge in [-0.2, -0.15) is 13.2 Å². The van der Waals surface area contributed by atoms with Crippen molar-refractivity contribution >= 4 is 11.9 Å². The lowest BCUT2D eigenvalue weighted by Crippen LogP contribution is -2.36. The maximum atomic E-state index is 12.6. The van der Waals surface area contributed by atoms with E-state index in [0.29, 0.717) is 25.3 Å². The quantitative estimate of drug-likeness (QED) is 0.825. The summed E-state index contributed by atoms with van der Waals surface area (Å²) in [5.41, 5.74) is 1.18. The van der Waals surface area contributed by atoms with Gasteiger partial charge in [0.1, 0.15) is 11.5 Å². The summed E-state index contributed by atoms with van der Waals surface area (Å²) < 4.78 is 43.5. The van der Waals surface area contributed by atoms with E-state index in [-0.39, 0.29) is 24.5 Å². The number of hydrogen-bond acceptors (Lipinski definition) is 3. The number of hydrogen-bond donors (Lipinski definition) is 1. The second-order valence-electron chi connectivity index (χ2n) is 6.51. The fourth-order valence-corrected chi connectivity index (χ4v) is 3.03. The van der Waals surface area contributed by atoms with Gasteiger partial charge in [0, 0.05) is 19.5 Å². The highest BCUT2D eigenvalue weighted by Crippen LogP contribution is 2.32. The van der Waals surface area contributed by atoms with Crippen LogP contribution in [-0.4, -0.2) is 28.4 Å². The van der Waals surface area contributed by atoms with Gasteiger partial charge in [0.2, 0.25) is 5.91 Å². The molecule has 1 aliphatic rings. The van der Waals surface area contributed by atoms with Crippen LogP contribution in [0.3, 0.4) is 0 Å². The van der Waals surface area contributed by atoms with Gasteiger partial charge < -0.3 is 14.7 Å². The third kappa shape index (κ3) is 4.82. The Hall–Kier alpha value is -3.03. The molecule has 0 bridgehead atoms. The highest BCUT2D eigenvalue weighted by Gasteiger charge is 2.30. The molecule has 28 heavy (non-hydrogen) atoms. The Morgan fingerprint density at radius 1 is 1.00 bits per heavy atom. The van der Waals surface area contributed by atoms with Crippen LogP contribution in [0.15, 0.2) is 42.5 Å². The third-order valence-electron chi connectivity index (χ3n) is 4.51. The standard InChI is InChI=1S/C20H18F3NO4/c21-20(22,23)15-2-5-16(6-3-15)28-17-4-1-13-9-10-24(12-14(13)11-17)18(25)7-8-19(26)27/h1-6,11H,7-10,12H2,(H,26,27). The highest BCUT2D eigenvalue weighted by molar-refractivity contribution is 5.81. The monoisotopic (exact) mass is 393 g/mol. The van der Waals surface area contributed by atoms with Crippen molar-refractivity contribution in [1.82, 2.24) is 4.90 Å². The molecule has 8 heteroatoms. The molecular weight excluding hydrogens is 375 g/mol. The molecule has 0 aliphatic carbocycles. The van der Waals surface area contributed by atoms with Crippen molar-refractivity contribution in [3.05, 3.63) is 59.2 Å². The molecule has 0 saturated heterocycles. The van der Waals surface area contributed by atoms with Gasteiger partial charge in [-0.1, -0.05) is 6.07 Å². The maximum Gasteiger partial charge on any atom is 0.416 e. The lowest BCUT2D eigenvalue weighted by molar-refractivity contribution is -0.141. The summed E-state index contributed by atoms with van der Waals surface area (Å²) in [6.07, 6.45) is -4.01. The van der Waals surface area contributed by atoms with Gasteiger partial charge in [0.15, 0.2) is 0 Å². The number of ether oxygens (including phenoxy) is 1. The molecule has 0 spiro atoms. The van der Waals surface area contributed by atoms with E-state index in [1.54, 1.807) is 17.0 Å². The molecule has 0 atom stereocenters. The maximum absolute atomic E-state index is 12.6. The first-order chi connectivity index (χ1) is 13.2. The number of fused-ring (bicyclic) bond motifs is 1. The van der Waals surface area contributed by atoms with Gasteiger partial charge >= 0.3 is 12.1 Å². The van der Waals surface area contributed by atoms with Crippen LogP contribution in [0.4, 0.5) is 13.2 Å². The average Bonchev–Trinajstić information content (AvgIpc) is 2.65. The van der Waals surface area contributed by atoms with Gasteiger partial charge in [0.05, 0.1) is 12.0 Å². The zero-order valence-corrected chi connectivity index (χ0v) is 14.8. The molecule has 2 aromatic rings. The Morgan fingerprint density at radius 2 is 1.68 bits per heavy atom. The van der Waals surface area contributed by atoms with Crippen molar-refractivity contribution < 1.29 is 32.6 Å². The highest BCUT2D eigenvalue weighted by atomic mass is 19.4. The molecule has 1 heterocycles. The number of amides is 1. The van der Waals surface area contributed by atoms with Crippen LogP contribution >= 0.6 is 0 Å². The van der Waals surface area contributed by atoms with Gasteiger partial charge in [-0.25, -0.2) is 0 Å². The molecule has 0 aromatic heterocycles. The Kier molecular flexibility index (Phi) is 5.58. The second kappa shape index (κ2) is 7.92. The summed E-state index contributed by atoms with van der Waals surface area (Å²) in [5.74, 6) is -0.503. The zero-order valence-electron chi connectivity index (χ0n) is 14.8. The summed E-state index contributed by atoms with van der Waals surface area (Å²) in [6.45, 7) is 0.864. The molecule has 0 saturated carbocycles. The molecule has 0 fully saturated rings. The number of nitrogens with zero attached hydrogens (tertiary/aromatic N) is 1. The van der Waals surface area contributed by atoms with Crippen LogP contribution in [0.5, 0.6) is 11.5 Å². The van der Waals surface area contributed by atoms with Crippen LogP contribution in [0.1, 0.15) is 29.5 Å². The third-order valence-corrected chi connectivity index (χ3v) is 4.51. The number of carbonyl (C=O) groups excluding carboxylic acids is 1. The number of carbonyl (C=O) groups is 2. The lowest BCUT2D eigenvalue weighted by atomic mass is 9.99. The Morgan fingerprint density at radius 3 is 2.32 bits per heavy atom. The normalized spacial score (nSPS) is 13.8. The number of carboxylic acid groups (broad SMARTS) is 1. The van der Waals surface area contributed by atoms with Crippen LogP contribution in [-0.2, 0) is 28.7 Å². The first-order valence-electron chi connectivity index (χ1n) is 8.69. The predicted molar refractivity (Wildman–Crippen MR) is 94.0 cm³/mol. The second-order valence-corrected chi connectivity index (χ2v) is 6.51. The minimum atomic E-state index is -4.40. The average molecular weight is 393 g/mol. The van der Waals surface area contributed by atoms with Gasteiger partial charge in [-0.05, 0) is 53.9 Å². The van der Waals surface area contributed by atoms with Crippen molar-refractivity contribution in [3.63, 3.8) is 0 Å². The SMILES string of the molecule is O=C(O)CCC(=O)N1CCc2ccc(Oc3ccc(C(F)(F)F)cc3)cc2C1. The summed E-state index contributed by atoms with van der Waals surface area (Å²) >= 11 is 0. The summed E-state index contributed by atoms with van der Waals surface area (Å²) in [5, 5.41) is 8.71. The van der Waals surface area contributed by atoms with E-state index in [1.165, 1.54) is 12.1 Å². The Bertz CT molecular complexity index is 878. The molecule has 0 radical (unpaired) electrons. The fraction of sp³-hybridized carbons (Fsp3) is 0.300. The smallest absolute Gasteiger partial charge is 0.416 e. The molecule has 5 nitrogen and oxygen atoms in total. The summed E-state index contributed by atoms with van der Waals surface area (Å²) in [6, 6.07) is 9.77. The van der Waals surface area contributed by atoms with E-state index in [9.17, 15) is 22.8 Å². The molecule has 1 N–H and O–H groups in total. The number of carboxylic acids is 1. The largest absolute Gasteiger partial charge is 0.481 e. The molecule has 2 aromatic carbocycles. The molecule has 1 aliphatic heterocycles. The van der Waals surface area contributed by atoms with Crippen LogP contribution in [0.25, 0.3) is 0 Å². The van der Waals surface area contributed by atoms with Crippen molar-refractivity contribution in [3.8, 4) is 11.5 Å². The first-order valence-corrected chi connectivity index (χ1v) is 8.69. The van der Waals surface area contributed by atoms with E-state index in [2.05, 4.69) is 0 Å². The van der Waals surface area contributed by atoms with Crippen molar-refractivity contribution in [2.24, 2.45) is 0 Å².